The Bertz CT molecular complexity index is 432. The maximum atomic E-state index is 11.6. The van der Waals surface area contributed by atoms with Crippen molar-refractivity contribution in [2.24, 2.45) is 0 Å². The summed E-state index contributed by atoms with van der Waals surface area (Å²) in [6.07, 6.45) is -0.784. The van der Waals surface area contributed by atoms with E-state index in [9.17, 15) is 9.59 Å². The van der Waals surface area contributed by atoms with Gasteiger partial charge in [0.05, 0.1) is 0 Å². The van der Waals surface area contributed by atoms with E-state index >= 15 is 0 Å². The summed E-state index contributed by atoms with van der Waals surface area (Å²) in [5.74, 6) is -1.09. The SMILES string of the molecule is CC(NC(=O)C(C)Oc1ccc(Cl)cc1)C(=O)O. The second-order valence-electron chi connectivity index (χ2n) is 3.78. The van der Waals surface area contributed by atoms with Crippen LogP contribution in [0.3, 0.4) is 0 Å². The molecule has 5 nitrogen and oxygen atoms in total. The first-order valence-electron chi connectivity index (χ1n) is 5.35. The number of ether oxygens (including phenoxy) is 1. The van der Waals surface area contributed by atoms with Crippen LogP contribution < -0.4 is 10.1 Å². The average molecular weight is 272 g/mol. The van der Waals surface area contributed by atoms with Gasteiger partial charge in [-0.3, -0.25) is 9.59 Å². The number of amides is 1. The number of halogens is 1. The molecule has 0 aliphatic rings. The molecule has 1 aromatic rings. The molecular formula is C12H14ClNO4. The quantitative estimate of drug-likeness (QED) is 0.855. The van der Waals surface area contributed by atoms with Crippen LogP contribution in [0.15, 0.2) is 24.3 Å². The van der Waals surface area contributed by atoms with Gasteiger partial charge in [0.15, 0.2) is 6.10 Å². The molecule has 1 aromatic carbocycles. The van der Waals surface area contributed by atoms with Crippen LogP contribution in [-0.2, 0) is 9.59 Å². The molecule has 0 aromatic heterocycles. The predicted molar refractivity (Wildman–Crippen MR) is 66.8 cm³/mol. The molecule has 2 unspecified atom stereocenters. The van der Waals surface area contributed by atoms with Crippen LogP contribution in [0.1, 0.15) is 13.8 Å². The Morgan fingerprint density at radius 3 is 2.33 bits per heavy atom. The number of carbonyl (C=O) groups excluding carboxylic acids is 1. The third kappa shape index (κ3) is 4.25. The molecule has 1 rings (SSSR count). The van der Waals surface area contributed by atoms with Crippen molar-refractivity contribution in [3.05, 3.63) is 29.3 Å². The normalized spacial score (nSPS) is 13.5. The summed E-state index contributed by atoms with van der Waals surface area (Å²) in [6, 6.07) is 5.59. The summed E-state index contributed by atoms with van der Waals surface area (Å²) in [5.41, 5.74) is 0. The lowest BCUT2D eigenvalue weighted by Crippen LogP contribution is -2.44. The highest BCUT2D eigenvalue weighted by Crippen LogP contribution is 2.16. The van der Waals surface area contributed by atoms with E-state index in [1.54, 1.807) is 31.2 Å². The number of aliphatic carboxylic acids is 1. The highest BCUT2D eigenvalue weighted by atomic mass is 35.5. The van der Waals surface area contributed by atoms with Crippen LogP contribution in [0, 0.1) is 0 Å². The number of carboxylic acid groups (broad SMARTS) is 1. The van der Waals surface area contributed by atoms with Gasteiger partial charge in [-0.25, -0.2) is 0 Å². The number of hydrogen-bond acceptors (Lipinski definition) is 3. The third-order valence-corrected chi connectivity index (χ3v) is 2.48. The molecule has 2 atom stereocenters. The summed E-state index contributed by atoms with van der Waals surface area (Å²) < 4.78 is 5.35. The van der Waals surface area contributed by atoms with Crippen molar-refractivity contribution in [1.82, 2.24) is 5.32 Å². The Hall–Kier alpha value is -1.75. The molecule has 98 valence electrons. The predicted octanol–water partition coefficient (Wildman–Crippen LogP) is 1.70. The number of nitrogens with one attached hydrogen (secondary N) is 1. The van der Waals surface area contributed by atoms with Crippen molar-refractivity contribution < 1.29 is 19.4 Å². The molecule has 2 N–H and O–H groups in total. The first-order valence-corrected chi connectivity index (χ1v) is 5.73. The lowest BCUT2D eigenvalue weighted by Gasteiger charge is -2.16. The van der Waals surface area contributed by atoms with Gasteiger partial charge in [0.25, 0.3) is 5.91 Å². The first-order chi connectivity index (χ1) is 8.40. The van der Waals surface area contributed by atoms with E-state index in [1.165, 1.54) is 6.92 Å². The molecule has 0 saturated carbocycles. The van der Waals surface area contributed by atoms with Gasteiger partial charge < -0.3 is 15.2 Å². The summed E-state index contributed by atoms with van der Waals surface area (Å²) in [6.45, 7) is 2.92. The monoisotopic (exact) mass is 271 g/mol. The van der Waals surface area contributed by atoms with Gasteiger partial charge in [-0.05, 0) is 38.1 Å². The zero-order valence-electron chi connectivity index (χ0n) is 10.0. The number of carboxylic acids is 1. The molecule has 0 saturated heterocycles. The summed E-state index contributed by atoms with van der Waals surface area (Å²) in [4.78, 5) is 22.2. The second kappa shape index (κ2) is 6.26. The molecular weight excluding hydrogens is 258 g/mol. The van der Waals surface area contributed by atoms with Gasteiger partial charge in [-0.2, -0.15) is 0 Å². The van der Waals surface area contributed by atoms with Crippen molar-refractivity contribution in [3.63, 3.8) is 0 Å². The number of hydrogen-bond donors (Lipinski definition) is 2. The molecule has 0 heterocycles. The fourth-order valence-electron chi connectivity index (χ4n) is 1.16. The van der Waals surface area contributed by atoms with Gasteiger partial charge in [0, 0.05) is 5.02 Å². The van der Waals surface area contributed by atoms with Crippen LogP contribution in [-0.4, -0.2) is 29.1 Å². The maximum absolute atomic E-state index is 11.6. The van der Waals surface area contributed by atoms with Crippen LogP contribution in [0.5, 0.6) is 5.75 Å². The van der Waals surface area contributed by atoms with Crippen molar-refractivity contribution in [3.8, 4) is 5.75 Å². The Labute approximate surface area is 110 Å². The van der Waals surface area contributed by atoms with Crippen molar-refractivity contribution in [2.75, 3.05) is 0 Å². The minimum absolute atomic E-state index is 0.486. The minimum atomic E-state index is -1.10. The molecule has 0 radical (unpaired) electrons. The third-order valence-electron chi connectivity index (χ3n) is 2.22. The summed E-state index contributed by atoms with van der Waals surface area (Å²) in [7, 11) is 0. The fraction of sp³-hybridized carbons (Fsp3) is 0.333. The van der Waals surface area contributed by atoms with Crippen molar-refractivity contribution >= 4 is 23.5 Å². The zero-order valence-corrected chi connectivity index (χ0v) is 10.8. The van der Waals surface area contributed by atoms with Gasteiger partial charge in [0.2, 0.25) is 0 Å². The molecule has 0 fully saturated rings. The number of carbonyl (C=O) groups is 2. The molecule has 6 heteroatoms. The van der Waals surface area contributed by atoms with Gasteiger partial charge in [-0.1, -0.05) is 11.6 Å². The highest BCUT2D eigenvalue weighted by Gasteiger charge is 2.20. The molecule has 1 amide bonds. The number of rotatable bonds is 5. The van der Waals surface area contributed by atoms with Gasteiger partial charge in [0.1, 0.15) is 11.8 Å². The van der Waals surface area contributed by atoms with E-state index in [0.29, 0.717) is 10.8 Å². The maximum Gasteiger partial charge on any atom is 0.325 e. The van der Waals surface area contributed by atoms with E-state index in [-0.39, 0.29) is 0 Å². The highest BCUT2D eigenvalue weighted by molar-refractivity contribution is 6.30. The first kappa shape index (κ1) is 14.3. The standard InChI is InChI=1S/C12H14ClNO4/c1-7(12(16)17)14-11(15)8(2)18-10-5-3-9(13)4-6-10/h3-8H,1-2H3,(H,14,15)(H,16,17). The Kier molecular flexibility index (Phi) is 4.97. The summed E-state index contributed by atoms with van der Waals surface area (Å²) in [5, 5.41) is 11.6. The molecule has 18 heavy (non-hydrogen) atoms. The Morgan fingerprint density at radius 2 is 1.83 bits per heavy atom. The van der Waals surface area contributed by atoms with Crippen LogP contribution in [0.25, 0.3) is 0 Å². The molecule has 0 spiro atoms. The van der Waals surface area contributed by atoms with E-state index < -0.39 is 24.0 Å². The average Bonchev–Trinajstić information content (AvgIpc) is 2.31. The van der Waals surface area contributed by atoms with E-state index in [0.717, 1.165) is 0 Å². The minimum Gasteiger partial charge on any atom is -0.481 e. The number of benzene rings is 1. The van der Waals surface area contributed by atoms with Gasteiger partial charge >= 0.3 is 5.97 Å². The Balaban J connectivity index is 2.54. The lowest BCUT2D eigenvalue weighted by molar-refractivity contribution is -0.142. The van der Waals surface area contributed by atoms with E-state index in [2.05, 4.69) is 5.32 Å². The topological polar surface area (TPSA) is 75.6 Å². The zero-order chi connectivity index (χ0) is 13.7. The summed E-state index contributed by atoms with van der Waals surface area (Å²) >= 11 is 5.71. The van der Waals surface area contributed by atoms with Crippen LogP contribution in [0.4, 0.5) is 0 Å². The molecule has 0 aliphatic heterocycles. The van der Waals surface area contributed by atoms with E-state index in [1.807, 2.05) is 0 Å². The lowest BCUT2D eigenvalue weighted by atomic mass is 10.3. The van der Waals surface area contributed by atoms with Crippen LogP contribution >= 0.6 is 11.6 Å². The molecule has 0 aliphatic carbocycles. The largest absolute Gasteiger partial charge is 0.481 e. The van der Waals surface area contributed by atoms with Crippen molar-refractivity contribution in [2.45, 2.75) is 26.0 Å². The van der Waals surface area contributed by atoms with Crippen LogP contribution in [0.2, 0.25) is 5.02 Å². The van der Waals surface area contributed by atoms with Gasteiger partial charge in [-0.15, -0.1) is 0 Å². The Morgan fingerprint density at radius 1 is 1.28 bits per heavy atom. The second-order valence-corrected chi connectivity index (χ2v) is 4.22. The van der Waals surface area contributed by atoms with E-state index in [4.69, 9.17) is 21.4 Å². The smallest absolute Gasteiger partial charge is 0.325 e. The van der Waals surface area contributed by atoms with Crippen molar-refractivity contribution in [1.29, 1.82) is 0 Å². The molecule has 0 bridgehead atoms. The fourth-order valence-corrected chi connectivity index (χ4v) is 1.29.